The average molecular weight is 749 g/mol. The number of hydrogen-bond donors (Lipinski definition) is 0. The molecule has 0 spiro atoms. The van der Waals surface area contributed by atoms with Crippen LogP contribution in [0.15, 0.2) is 12.2 Å². The van der Waals surface area contributed by atoms with E-state index in [2.05, 4.69) is 80.2 Å². The molecule has 1 aliphatic carbocycles. The number of esters is 4. The summed E-state index contributed by atoms with van der Waals surface area (Å²) in [6.07, 6.45) is 8.63. The van der Waals surface area contributed by atoms with Crippen molar-refractivity contribution in [1.82, 2.24) is 0 Å². The molecule has 1 aliphatic rings. The second-order valence-corrected chi connectivity index (χ2v) is 21.9. The van der Waals surface area contributed by atoms with Gasteiger partial charge in [0.1, 0.15) is 6.10 Å². The van der Waals surface area contributed by atoms with Crippen LogP contribution < -0.4 is 0 Å². The summed E-state index contributed by atoms with van der Waals surface area (Å²) >= 11 is 0. The maximum absolute atomic E-state index is 12.8. The minimum absolute atomic E-state index is 0.00247. The fourth-order valence-corrected chi connectivity index (χ4v) is 14.6. The highest BCUT2D eigenvalue weighted by atomic mass is 28.4. The van der Waals surface area contributed by atoms with Crippen molar-refractivity contribution < 1.29 is 42.6 Å². The molecule has 0 bridgehead atoms. The van der Waals surface area contributed by atoms with Crippen molar-refractivity contribution in [3.63, 3.8) is 0 Å². The van der Waals surface area contributed by atoms with Crippen LogP contribution in [0.2, 0.25) is 16.6 Å². The zero-order valence-electron chi connectivity index (χ0n) is 34.9. The van der Waals surface area contributed by atoms with Crippen LogP contribution in [0.25, 0.3) is 0 Å². The van der Waals surface area contributed by atoms with Crippen molar-refractivity contribution in [3.8, 4) is 11.8 Å². The molecule has 0 unspecified atom stereocenters. The largest absolute Gasteiger partial charge is 0.469 e. The molecule has 1 rings (SSSR count). The summed E-state index contributed by atoms with van der Waals surface area (Å²) in [6, 6.07) is 0. The van der Waals surface area contributed by atoms with E-state index in [9.17, 15) is 19.2 Å². The van der Waals surface area contributed by atoms with Crippen molar-refractivity contribution in [2.45, 2.75) is 169 Å². The second-order valence-electron chi connectivity index (χ2n) is 16.5. The van der Waals surface area contributed by atoms with Gasteiger partial charge in [-0.2, -0.15) is 0 Å². The Morgan fingerprint density at radius 1 is 0.750 bits per heavy atom. The highest BCUT2D eigenvalue weighted by Gasteiger charge is 2.49. The molecule has 0 aromatic carbocycles. The first-order valence-electron chi connectivity index (χ1n) is 19.6. The molecule has 52 heavy (non-hydrogen) atoms. The van der Waals surface area contributed by atoms with Gasteiger partial charge < -0.3 is 23.4 Å². The summed E-state index contributed by atoms with van der Waals surface area (Å²) in [7, 11) is 0.573. The van der Waals surface area contributed by atoms with Gasteiger partial charge in [-0.3, -0.25) is 19.2 Å². The van der Waals surface area contributed by atoms with E-state index in [4.69, 9.17) is 23.4 Å². The third-order valence-corrected chi connectivity index (χ3v) is 17.2. The number of rotatable bonds is 21. The van der Waals surface area contributed by atoms with Gasteiger partial charge in [0.15, 0.2) is 6.10 Å². The molecular weight excluding hydrogens is 677 g/mol. The predicted molar refractivity (Wildman–Crippen MR) is 209 cm³/mol. The summed E-state index contributed by atoms with van der Waals surface area (Å²) in [5.74, 6) is 5.58. The van der Waals surface area contributed by atoms with Gasteiger partial charge in [-0.25, -0.2) is 0 Å². The molecule has 1 fully saturated rings. The molecule has 0 aromatic heterocycles. The standard InChI is InChI=1S/C42H72O9Si/c1-27(2)52(28(3)4,29(5)6)51-39(36-19-18-20-37(36)42(46)48-14)22-17-15-16-21-38(49-34(11)43)32(9)24-30(7)23-31(8)25-33(10)40(50-35(12)44)26-41(45)47-13/h15,17,27-33,36-40H,18-20,22-26H2,1-14H3/b17-15+/t30-,31+,32+,33+,36-,37-,38+,39+,40+/m1/s1. The lowest BCUT2D eigenvalue weighted by Gasteiger charge is -2.46. The van der Waals surface area contributed by atoms with Gasteiger partial charge in [0.25, 0.3) is 0 Å². The maximum Gasteiger partial charge on any atom is 0.309 e. The van der Waals surface area contributed by atoms with Crippen LogP contribution in [-0.2, 0) is 42.6 Å². The van der Waals surface area contributed by atoms with Gasteiger partial charge in [-0.15, -0.1) is 0 Å². The number of carbonyl (C=O) groups excluding carboxylic acids is 4. The Bertz CT molecular complexity index is 1190. The number of hydrogen-bond acceptors (Lipinski definition) is 9. The van der Waals surface area contributed by atoms with Crippen LogP contribution in [0.5, 0.6) is 0 Å². The highest BCUT2D eigenvalue weighted by molar-refractivity contribution is 6.77. The van der Waals surface area contributed by atoms with Crippen LogP contribution in [0, 0.1) is 47.3 Å². The molecule has 0 amide bonds. The van der Waals surface area contributed by atoms with E-state index in [-0.39, 0.29) is 48.1 Å². The lowest BCUT2D eigenvalue weighted by atomic mass is 9.83. The Hall–Kier alpha value is -2.64. The summed E-state index contributed by atoms with van der Waals surface area (Å²) in [6.45, 7) is 24.9. The molecule has 10 heteroatoms. The number of carbonyl (C=O) groups is 4. The first kappa shape index (κ1) is 47.4. The Balaban J connectivity index is 3.09. The average Bonchev–Trinajstić information content (AvgIpc) is 3.53. The molecule has 298 valence electrons. The SMILES string of the molecule is COC(=O)C[C@H](OC(C)=O)[C@@H](C)C[C@@H](C)C[C@@H](C)C[C@H](C)[C@H](C#C/C=C/C[C@H](O[Si](C(C)C)(C(C)C)C(C)C)[C@@H]1CCC[C@H]1C(=O)OC)OC(C)=O. The van der Waals surface area contributed by atoms with E-state index in [0.29, 0.717) is 34.9 Å². The Morgan fingerprint density at radius 3 is 1.81 bits per heavy atom. The van der Waals surface area contributed by atoms with E-state index in [1.165, 1.54) is 28.1 Å². The quantitative estimate of drug-likeness (QED) is 0.0491. The van der Waals surface area contributed by atoms with Gasteiger partial charge in [0, 0.05) is 19.8 Å². The fraction of sp³-hybridized carbons (Fsp3) is 0.810. The van der Waals surface area contributed by atoms with E-state index in [1.54, 1.807) is 0 Å². The van der Waals surface area contributed by atoms with Crippen LogP contribution in [0.3, 0.4) is 0 Å². The van der Waals surface area contributed by atoms with Crippen molar-refractivity contribution >= 4 is 32.2 Å². The highest BCUT2D eigenvalue weighted by Crippen LogP contribution is 2.46. The van der Waals surface area contributed by atoms with Gasteiger partial charge in [-0.1, -0.05) is 93.6 Å². The van der Waals surface area contributed by atoms with E-state index in [0.717, 1.165) is 38.5 Å². The lowest BCUT2D eigenvalue weighted by Crippen LogP contribution is -2.52. The first-order valence-corrected chi connectivity index (χ1v) is 21.8. The van der Waals surface area contributed by atoms with Gasteiger partial charge in [-0.05, 0) is 84.9 Å². The monoisotopic (exact) mass is 748 g/mol. The third kappa shape index (κ3) is 15.0. The van der Waals surface area contributed by atoms with E-state index < -0.39 is 32.5 Å². The summed E-state index contributed by atoms with van der Waals surface area (Å²) in [5.41, 5.74) is 1.25. The van der Waals surface area contributed by atoms with Crippen molar-refractivity contribution in [1.29, 1.82) is 0 Å². The Labute approximate surface area is 317 Å². The Morgan fingerprint density at radius 2 is 1.31 bits per heavy atom. The minimum atomic E-state index is -2.23. The smallest absolute Gasteiger partial charge is 0.309 e. The molecule has 0 aromatic rings. The van der Waals surface area contributed by atoms with Crippen LogP contribution in [0.4, 0.5) is 0 Å². The van der Waals surface area contributed by atoms with E-state index in [1.807, 2.05) is 13.0 Å². The molecule has 0 heterocycles. The van der Waals surface area contributed by atoms with Crippen molar-refractivity contribution in [2.75, 3.05) is 14.2 Å². The van der Waals surface area contributed by atoms with Crippen molar-refractivity contribution in [3.05, 3.63) is 12.2 Å². The lowest BCUT2D eigenvalue weighted by molar-refractivity contribution is -0.155. The molecule has 1 saturated carbocycles. The summed E-state index contributed by atoms with van der Waals surface area (Å²) in [5, 5.41) is 0. The normalized spacial score (nSPS) is 20.4. The summed E-state index contributed by atoms with van der Waals surface area (Å²) in [4.78, 5) is 48.5. The molecule has 0 aliphatic heterocycles. The molecule has 0 N–H and O–H groups in total. The Kier molecular flexibility index (Phi) is 21.1. The molecule has 9 nitrogen and oxygen atoms in total. The number of methoxy groups -OCH3 is 2. The number of allylic oxidation sites excluding steroid dienone is 1. The topological polar surface area (TPSA) is 114 Å². The minimum Gasteiger partial charge on any atom is -0.469 e. The number of ether oxygens (including phenoxy) is 4. The van der Waals surface area contributed by atoms with Crippen LogP contribution in [0.1, 0.15) is 134 Å². The predicted octanol–water partition coefficient (Wildman–Crippen LogP) is 9.23. The van der Waals surface area contributed by atoms with Crippen molar-refractivity contribution in [2.24, 2.45) is 35.5 Å². The summed E-state index contributed by atoms with van der Waals surface area (Å²) < 4.78 is 28.5. The molecule has 9 atom stereocenters. The van der Waals surface area contributed by atoms with Gasteiger partial charge in [0.2, 0.25) is 8.32 Å². The third-order valence-electron chi connectivity index (χ3n) is 11.1. The molecular formula is C42H72O9Si. The van der Waals surface area contributed by atoms with E-state index >= 15 is 0 Å². The zero-order valence-corrected chi connectivity index (χ0v) is 35.9. The van der Waals surface area contributed by atoms with Crippen LogP contribution >= 0.6 is 0 Å². The molecule has 0 saturated heterocycles. The molecule has 0 radical (unpaired) electrons. The second kappa shape index (κ2) is 23.2. The van der Waals surface area contributed by atoms with Crippen LogP contribution in [-0.4, -0.2) is 64.7 Å². The van der Waals surface area contributed by atoms with Gasteiger partial charge >= 0.3 is 23.9 Å². The fourth-order valence-electron chi connectivity index (χ4n) is 8.96. The zero-order chi connectivity index (χ0) is 39.8. The first-order chi connectivity index (χ1) is 24.3. The maximum atomic E-state index is 12.8. The van der Waals surface area contributed by atoms with Gasteiger partial charge in [0.05, 0.1) is 32.7 Å².